The number of rotatable bonds is 7. The van der Waals surface area contributed by atoms with Gasteiger partial charge in [-0.15, -0.1) is 6.58 Å². The molecule has 1 atom stereocenters. The van der Waals surface area contributed by atoms with Gasteiger partial charge in [0, 0.05) is 6.54 Å². The molecule has 4 nitrogen and oxygen atoms in total. The van der Waals surface area contributed by atoms with Gasteiger partial charge in [0.15, 0.2) is 0 Å². The Balaban J connectivity index is 3.22. The average Bonchev–Trinajstić information content (AvgIpc) is 2.39. The highest BCUT2D eigenvalue weighted by Gasteiger charge is 2.29. The SMILES string of the molecule is C=CCN(C(C=O)CC)S(=O)(=O)c1ccc(C)cc1. The van der Waals surface area contributed by atoms with Crippen molar-refractivity contribution in [3.05, 3.63) is 42.5 Å². The number of aryl methyl sites for hydroxylation is 1. The maximum Gasteiger partial charge on any atom is 0.244 e. The van der Waals surface area contributed by atoms with Crippen LogP contribution in [-0.2, 0) is 14.8 Å². The summed E-state index contributed by atoms with van der Waals surface area (Å²) in [5, 5.41) is 0. The summed E-state index contributed by atoms with van der Waals surface area (Å²) in [7, 11) is -3.67. The molecular weight excluding hydrogens is 262 g/mol. The second-order valence-electron chi connectivity index (χ2n) is 4.29. The normalized spacial score (nSPS) is 13.2. The van der Waals surface area contributed by atoms with Crippen LogP contribution in [0.3, 0.4) is 0 Å². The van der Waals surface area contributed by atoms with Gasteiger partial charge in [0.1, 0.15) is 6.29 Å². The average molecular weight is 281 g/mol. The summed E-state index contributed by atoms with van der Waals surface area (Å²) in [4.78, 5) is 11.2. The van der Waals surface area contributed by atoms with Crippen LogP contribution in [0.2, 0.25) is 0 Å². The zero-order chi connectivity index (χ0) is 14.5. The highest BCUT2D eigenvalue weighted by molar-refractivity contribution is 7.89. The van der Waals surface area contributed by atoms with Crippen LogP contribution in [0.15, 0.2) is 41.8 Å². The molecule has 0 fully saturated rings. The highest BCUT2D eigenvalue weighted by Crippen LogP contribution is 2.19. The molecule has 1 rings (SSSR count). The van der Waals surface area contributed by atoms with Crippen molar-refractivity contribution in [2.24, 2.45) is 0 Å². The number of aldehydes is 1. The summed E-state index contributed by atoms with van der Waals surface area (Å²) in [5.41, 5.74) is 0.983. The standard InChI is InChI=1S/C14H19NO3S/c1-4-10-15(13(5-2)11-16)19(17,18)14-8-6-12(3)7-9-14/h4,6-9,11,13H,1,5,10H2,2-3H3. The fraction of sp³-hybridized carbons (Fsp3) is 0.357. The Morgan fingerprint density at radius 1 is 1.32 bits per heavy atom. The van der Waals surface area contributed by atoms with E-state index >= 15 is 0 Å². The van der Waals surface area contributed by atoms with E-state index in [1.54, 1.807) is 31.2 Å². The zero-order valence-electron chi connectivity index (χ0n) is 11.2. The topological polar surface area (TPSA) is 54.5 Å². The van der Waals surface area contributed by atoms with E-state index in [9.17, 15) is 13.2 Å². The van der Waals surface area contributed by atoms with E-state index in [2.05, 4.69) is 6.58 Å². The summed E-state index contributed by atoms with van der Waals surface area (Å²) in [6.07, 6.45) is 2.58. The van der Waals surface area contributed by atoms with Gasteiger partial charge in [-0.25, -0.2) is 8.42 Å². The predicted octanol–water partition coefficient (Wildman–Crippen LogP) is 2.15. The third kappa shape index (κ3) is 3.52. The van der Waals surface area contributed by atoms with Crippen LogP contribution in [-0.4, -0.2) is 31.6 Å². The van der Waals surface area contributed by atoms with Gasteiger partial charge in [0.25, 0.3) is 0 Å². The van der Waals surface area contributed by atoms with E-state index < -0.39 is 16.1 Å². The number of benzene rings is 1. The summed E-state index contributed by atoms with van der Waals surface area (Å²) in [6.45, 7) is 7.33. The molecular formula is C14H19NO3S. The number of sulfonamides is 1. The van der Waals surface area contributed by atoms with E-state index in [0.717, 1.165) is 5.56 Å². The lowest BCUT2D eigenvalue weighted by Crippen LogP contribution is -2.41. The second kappa shape index (κ2) is 6.63. The van der Waals surface area contributed by atoms with Crippen molar-refractivity contribution in [1.29, 1.82) is 0 Å². The lowest BCUT2D eigenvalue weighted by atomic mass is 10.2. The van der Waals surface area contributed by atoms with Crippen molar-refractivity contribution in [1.82, 2.24) is 4.31 Å². The summed E-state index contributed by atoms with van der Waals surface area (Å²) in [6, 6.07) is 5.92. The van der Waals surface area contributed by atoms with Gasteiger partial charge in [-0.1, -0.05) is 30.7 Å². The van der Waals surface area contributed by atoms with Crippen molar-refractivity contribution in [3.8, 4) is 0 Å². The molecule has 104 valence electrons. The Kier molecular flexibility index (Phi) is 5.44. The molecule has 0 bridgehead atoms. The van der Waals surface area contributed by atoms with Crippen LogP contribution in [0.5, 0.6) is 0 Å². The maximum atomic E-state index is 12.5. The van der Waals surface area contributed by atoms with Crippen LogP contribution in [0.4, 0.5) is 0 Å². The number of hydrogen-bond donors (Lipinski definition) is 0. The number of nitrogens with zero attached hydrogens (tertiary/aromatic N) is 1. The fourth-order valence-electron chi connectivity index (χ4n) is 1.75. The van der Waals surface area contributed by atoms with Crippen molar-refractivity contribution < 1.29 is 13.2 Å². The van der Waals surface area contributed by atoms with Gasteiger partial charge < -0.3 is 4.79 Å². The third-order valence-corrected chi connectivity index (χ3v) is 4.79. The Morgan fingerprint density at radius 2 is 1.89 bits per heavy atom. The zero-order valence-corrected chi connectivity index (χ0v) is 12.1. The molecule has 1 unspecified atom stereocenters. The van der Waals surface area contributed by atoms with Crippen molar-refractivity contribution >= 4 is 16.3 Å². The molecule has 0 radical (unpaired) electrons. The number of hydrogen-bond acceptors (Lipinski definition) is 3. The maximum absolute atomic E-state index is 12.5. The molecule has 0 spiro atoms. The second-order valence-corrected chi connectivity index (χ2v) is 6.18. The molecule has 0 aliphatic carbocycles. The number of carbonyl (C=O) groups is 1. The van der Waals surface area contributed by atoms with Crippen molar-refractivity contribution in [3.63, 3.8) is 0 Å². The Bertz CT molecular complexity index is 534. The largest absolute Gasteiger partial charge is 0.302 e. The van der Waals surface area contributed by atoms with Gasteiger partial charge >= 0.3 is 0 Å². The van der Waals surface area contributed by atoms with Crippen LogP contribution < -0.4 is 0 Å². The first-order valence-corrected chi connectivity index (χ1v) is 7.56. The minimum Gasteiger partial charge on any atom is -0.302 e. The minimum absolute atomic E-state index is 0.119. The van der Waals surface area contributed by atoms with E-state index in [-0.39, 0.29) is 11.4 Å². The van der Waals surface area contributed by atoms with Crippen LogP contribution >= 0.6 is 0 Å². The van der Waals surface area contributed by atoms with E-state index in [4.69, 9.17) is 0 Å². The van der Waals surface area contributed by atoms with Gasteiger partial charge in [-0.2, -0.15) is 4.31 Å². The summed E-state index contributed by atoms with van der Waals surface area (Å²) >= 11 is 0. The van der Waals surface area contributed by atoms with Crippen molar-refractivity contribution in [2.75, 3.05) is 6.54 Å². The van der Waals surface area contributed by atoms with E-state index in [0.29, 0.717) is 12.7 Å². The van der Waals surface area contributed by atoms with Gasteiger partial charge in [0.05, 0.1) is 10.9 Å². The third-order valence-electron chi connectivity index (χ3n) is 2.88. The molecule has 0 aliphatic heterocycles. The smallest absolute Gasteiger partial charge is 0.244 e. The lowest BCUT2D eigenvalue weighted by Gasteiger charge is -2.25. The van der Waals surface area contributed by atoms with Gasteiger partial charge in [-0.05, 0) is 25.5 Å². The number of carbonyl (C=O) groups excluding carboxylic acids is 1. The lowest BCUT2D eigenvalue weighted by molar-refractivity contribution is -0.111. The molecule has 0 saturated heterocycles. The Hall–Kier alpha value is -1.46. The molecule has 0 saturated carbocycles. The first kappa shape index (κ1) is 15.6. The van der Waals surface area contributed by atoms with Gasteiger partial charge in [-0.3, -0.25) is 0 Å². The first-order chi connectivity index (χ1) is 8.97. The quantitative estimate of drug-likeness (QED) is 0.568. The minimum atomic E-state index is -3.67. The van der Waals surface area contributed by atoms with Gasteiger partial charge in [0.2, 0.25) is 10.0 Å². The molecule has 0 heterocycles. The molecule has 5 heteroatoms. The summed E-state index contributed by atoms with van der Waals surface area (Å²) in [5.74, 6) is 0. The van der Waals surface area contributed by atoms with E-state index in [1.807, 2.05) is 6.92 Å². The molecule has 0 aromatic heterocycles. The van der Waals surface area contributed by atoms with Crippen LogP contribution in [0.25, 0.3) is 0 Å². The van der Waals surface area contributed by atoms with Crippen molar-refractivity contribution in [2.45, 2.75) is 31.2 Å². The summed E-state index contributed by atoms with van der Waals surface area (Å²) < 4.78 is 26.2. The molecule has 1 aromatic carbocycles. The molecule has 0 aliphatic rings. The fourth-order valence-corrected chi connectivity index (χ4v) is 3.36. The van der Waals surface area contributed by atoms with Crippen LogP contribution in [0, 0.1) is 6.92 Å². The molecule has 0 amide bonds. The highest BCUT2D eigenvalue weighted by atomic mass is 32.2. The molecule has 19 heavy (non-hydrogen) atoms. The Labute approximate surface area is 114 Å². The van der Waals surface area contributed by atoms with E-state index in [1.165, 1.54) is 10.4 Å². The predicted molar refractivity (Wildman–Crippen MR) is 75.4 cm³/mol. The molecule has 0 N–H and O–H groups in total. The first-order valence-electron chi connectivity index (χ1n) is 6.12. The van der Waals surface area contributed by atoms with Crippen LogP contribution in [0.1, 0.15) is 18.9 Å². The molecule has 1 aromatic rings. The monoisotopic (exact) mass is 281 g/mol. The Morgan fingerprint density at radius 3 is 2.32 bits per heavy atom.